The van der Waals surface area contributed by atoms with Crippen molar-refractivity contribution in [2.75, 3.05) is 17.7 Å². The van der Waals surface area contributed by atoms with E-state index < -0.39 is 4.92 Å². The summed E-state index contributed by atoms with van der Waals surface area (Å²) in [5.41, 5.74) is 0.893. The molecular formula is C13H17N5O2S. The molecule has 0 aromatic carbocycles. The van der Waals surface area contributed by atoms with Crippen LogP contribution in [0.3, 0.4) is 0 Å². The summed E-state index contributed by atoms with van der Waals surface area (Å²) in [5.74, 6) is 0.831. The molecule has 1 atom stereocenters. The molecular weight excluding hydrogens is 290 g/mol. The van der Waals surface area contributed by atoms with Crippen LogP contribution in [0.25, 0.3) is 0 Å². The lowest BCUT2D eigenvalue weighted by atomic mass is 10.2. The Morgan fingerprint density at radius 1 is 1.33 bits per heavy atom. The van der Waals surface area contributed by atoms with Crippen molar-refractivity contribution in [3.05, 3.63) is 37.8 Å². The maximum Gasteiger partial charge on any atom is 0.311 e. The zero-order chi connectivity index (χ0) is 15.6. The number of nitro groups is 1. The number of thiazole rings is 1. The van der Waals surface area contributed by atoms with Gasteiger partial charge in [-0.25, -0.2) is 9.97 Å². The smallest absolute Gasteiger partial charge is 0.311 e. The highest BCUT2D eigenvalue weighted by Crippen LogP contribution is 2.31. The molecule has 1 unspecified atom stereocenters. The van der Waals surface area contributed by atoms with E-state index in [9.17, 15) is 10.1 Å². The maximum absolute atomic E-state index is 11.1. The molecule has 0 bridgehead atoms. The van der Waals surface area contributed by atoms with Gasteiger partial charge >= 0.3 is 5.69 Å². The van der Waals surface area contributed by atoms with Gasteiger partial charge < -0.3 is 10.6 Å². The minimum absolute atomic E-state index is 0.0419. The molecule has 8 heteroatoms. The summed E-state index contributed by atoms with van der Waals surface area (Å²) in [6.45, 7) is 5.82. The van der Waals surface area contributed by atoms with Gasteiger partial charge in [0.05, 0.1) is 21.7 Å². The summed E-state index contributed by atoms with van der Waals surface area (Å²) < 4.78 is 0. The van der Waals surface area contributed by atoms with E-state index in [2.05, 4.69) is 20.6 Å². The molecule has 0 aliphatic rings. The second kappa shape index (κ2) is 6.04. The number of hydrogen-bond acceptors (Lipinski definition) is 7. The van der Waals surface area contributed by atoms with Crippen LogP contribution in [0.4, 0.5) is 17.3 Å². The Hall–Kier alpha value is -2.22. The van der Waals surface area contributed by atoms with Crippen LogP contribution in [0, 0.1) is 24.0 Å². The molecule has 0 spiro atoms. The molecule has 2 N–H and O–H groups in total. The Bertz CT molecular complexity index is 671. The Kier molecular flexibility index (Phi) is 4.37. The van der Waals surface area contributed by atoms with E-state index in [1.165, 1.54) is 6.07 Å². The normalized spacial score (nSPS) is 12.0. The standard InChI is InChI=1S/C13H17N5O2S/c1-7-12(21-9(3)15-7)8(2)16-13-10(18(19)20)5-6-11(14-4)17-13/h5-6,8H,1-4H3,(H2,14,16,17). The molecule has 0 saturated carbocycles. The van der Waals surface area contributed by atoms with Gasteiger partial charge in [-0.05, 0) is 26.8 Å². The first-order valence-corrected chi connectivity index (χ1v) is 7.27. The van der Waals surface area contributed by atoms with Gasteiger partial charge in [-0.15, -0.1) is 11.3 Å². The van der Waals surface area contributed by atoms with Crippen molar-refractivity contribution in [1.82, 2.24) is 9.97 Å². The van der Waals surface area contributed by atoms with Crippen molar-refractivity contribution in [3.8, 4) is 0 Å². The lowest BCUT2D eigenvalue weighted by molar-refractivity contribution is -0.384. The van der Waals surface area contributed by atoms with Crippen molar-refractivity contribution in [2.24, 2.45) is 0 Å². The van der Waals surface area contributed by atoms with Crippen LogP contribution in [0.1, 0.15) is 28.5 Å². The first-order chi connectivity index (χ1) is 9.92. The summed E-state index contributed by atoms with van der Waals surface area (Å²) in [5, 5.41) is 18.1. The van der Waals surface area contributed by atoms with Gasteiger partial charge in [0.15, 0.2) is 0 Å². The van der Waals surface area contributed by atoms with Crippen molar-refractivity contribution in [3.63, 3.8) is 0 Å². The molecule has 0 aliphatic heterocycles. The molecule has 2 rings (SSSR count). The molecule has 21 heavy (non-hydrogen) atoms. The highest BCUT2D eigenvalue weighted by molar-refractivity contribution is 7.11. The Morgan fingerprint density at radius 3 is 2.57 bits per heavy atom. The molecule has 0 fully saturated rings. The summed E-state index contributed by atoms with van der Waals surface area (Å²) in [6.07, 6.45) is 0. The van der Waals surface area contributed by atoms with Crippen LogP contribution in [-0.2, 0) is 0 Å². The predicted molar refractivity (Wildman–Crippen MR) is 84.1 cm³/mol. The summed E-state index contributed by atoms with van der Waals surface area (Å²) >= 11 is 1.58. The summed E-state index contributed by atoms with van der Waals surface area (Å²) in [6, 6.07) is 2.92. The lowest BCUT2D eigenvalue weighted by Crippen LogP contribution is -2.10. The highest BCUT2D eigenvalue weighted by atomic mass is 32.1. The lowest BCUT2D eigenvalue weighted by Gasteiger charge is -2.14. The number of rotatable bonds is 5. The van der Waals surface area contributed by atoms with Gasteiger partial charge in [0, 0.05) is 18.0 Å². The van der Waals surface area contributed by atoms with E-state index in [1.54, 1.807) is 24.5 Å². The number of pyridine rings is 1. The molecule has 0 amide bonds. The molecule has 2 heterocycles. The zero-order valence-corrected chi connectivity index (χ0v) is 13.1. The first kappa shape index (κ1) is 15.2. The van der Waals surface area contributed by atoms with E-state index >= 15 is 0 Å². The Labute approximate surface area is 126 Å². The van der Waals surface area contributed by atoms with Gasteiger partial charge in [-0.3, -0.25) is 10.1 Å². The van der Waals surface area contributed by atoms with Crippen molar-refractivity contribution < 1.29 is 4.92 Å². The third kappa shape index (κ3) is 3.27. The molecule has 0 radical (unpaired) electrons. The van der Waals surface area contributed by atoms with Crippen LogP contribution < -0.4 is 10.6 Å². The SMILES string of the molecule is CNc1ccc([N+](=O)[O-])c(NC(C)c2sc(C)nc2C)n1. The summed E-state index contributed by atoms with van der Waals surface area (Å²) in [7, 11) is 1.72. The van der Waals surface area contributed by atoms with E-state index in [1.807, 2.05) is 20.8 Å². The average Bonchev–Trinajstić information content (AvgIpc) is 2.77. The third-order valence-corrected chi connectivity index (χ3v) is 4.27. The molecule has 2 aromatic rings. The van der Waals surface area contributed by atoms with Gasteiger partial charge in [0.2, 0.25) is 5.82 Å². The largest absolute Gasteiger partial charge is 0.373 e. The van der Waals surface area contributed by atoms with Crippen LogP contribution in [0.2, 0.25) is 0 Å². The molecule has 0 saturated heterocycles. The Balaban J connectivity index is 2.33. The summed E-state index contributed by atoms with van der Waals surface area (Å²) in [4.78, 5) is 20.3. The molecule has 7 nitrogen and oxygen atoms in total. The average molecular weight is 307 g/mol. The van der Waals surface area contributed by atoms with E-state index in [0.29, 0.717) is 5.82 Å². The number of aryl methyl sites for hydroxylation is 2. The van der Waals surface area contributed by atoms with Crippen molar-refractivity contribution >= 4 is 28.7 Å². The topological polar surface area (TPSA) is 93.0 Å². The zero-order valence-electron chi connectivity index (χ0n) is 12.3. The van der Waals surface area contributed by atoms with Gasteiger partial charge in [-0.2, -0.15) is 0 Å². The van der Waals surface area contributed by atoms with Crippen LogP contribution in [-0.4, -0.2) is 21.9 Å². The third-order valence-electron chi connectivity index (χ3n) is 3.01. The second-order valence-electron chi connectivity index (χ2n) is 4.62. The minimum Gasteiger partial charge on any atom is -0.373 e. The van der Waals surface area contributed by atoms with Gasteiger partial charge in [0.25, 0.3) is 0 Å². The van der Waals surface area contributed by atoms with Gasteiger partial charge in [-0.1, -0.05) is 0 Å². The molecule has 0 aliphatic carbocycles. The van der Waals surface area contributed by atoms with Crippen LogP contribution in [0.15, 0.2) is 12.1 Å². The number of hydrogen-bond donors (Lipinski definition) is 2. The fourth-order valence-electron chi connectivity index (χ4n) is 2.06. The number of nitrogens with one attached hydrogen (secondary N) is 2. The quantitative estimate of drug-likeness (QED) is 0.650. The van der Waals surface area contributed by atoms with E-state index in [-0.39, 0.29) is 17.5 Å². The minimum atomic E-state index is -0.438. The van der Waals surface area contributed by atoms with Crippen molar-refractivity contribution in [1.29, 1.82) is 0 Å². The fraction of sp³-hybridized carbons (Fsp3) is 0.385. The fourth-order valence-corrected chi connectivity index (χ4v) is 2.99. The predicted octanol–water partition coefficient (Wildman–Crippen LogP) is 3.28. The monoisotopic (exact) mass is 307 g/mol. The van der Waals surface area contributed by atoms with Crippen LogP contribution >= 0.6 is 11.3 Å². The number of aromatic nitrogens is 2. The molecule has 2 aromatic heterocycles. The first-order valence-electron chi connectivity index (χ1n) is 6.46. The van der Waals surface area contributed by atoms with Gasteiger partial charge in [0.1, 0.15) is 5.82 Å². The van der Waals surface area contributed by atoms with Crippen LogP contribution in [0.5, 0.6) is 0 Å². The molecule has 112 valence electrons. The Morgan fingerprint density at radius 2 is 2.05 bits per heavy atom. The highest BCUT2D eigenvalue weighted by Gasteiger charge is 2.20. The number of anilines is 2. The maximum atomic E-state index is 11.1. The number of nitrogens with zero attached hydrogens (tertiary/aromatic N) is 3. The van der Waals surface area contributed by atoms with E-state index in [4.69, 9.17) is 0 Å². The van der Waals surface area contributed by atoms with Crippen molar-refractivity contribution in [2.45, 2.75) is 26.8 Å². The van der Waals surface area contributed by atoms with E-state index in [0.717, 1.165) is 15.6 Å². The second-order valence-corrected chi connectivity index (χ2v) is 5.85.